The summed E-state index contributed by atoms with van der Waals surface area (Å²) in [7, 11) is 1.52. The van der Waals surface area contributed by atoms with Gasteiger partial charge in [0.2, 0.25) is 0 Å². The summed E-state index contributed by atoms with van der Waals surface area (Å²) < 4.78 is 5.13. The topological polar surface area (TPSA) is 88.5 Å². The number of anilines is 1. The van der Waals surface area contributed by atoms with E-state index >= 15 is 0 Å². The molecule has 1 heterocycles. The zero-order valence-corrected chi connectivity index (χ0v) is 12.9. The molecule has 5 N–H and O–H groups in total. The van der Waals surface area contributed by atoms with E-state index in [4.69, 9.17) is 4.74 Å². The average Bonchev–Trinajstić information content (AvgIpc) is 2.56. The maximum atomic E-state index is 11.9. The maximum Gasteiger partial charge on any atom is 0.313 e. The molecule has 22 heavy (non-hydrogen) atoms. The van der Waals surface area contributed by atoms with Gasteiger partial charge in [-0.15, -0.1) is 0 Å². The lowest BCUT2D eigenvalue weighted by Gasteiger charge is -2.22. The van der Waals surface area contributed by atoms with Crippen LogP contribution >= 0.6 is 0 Å². The molecule has 0 saturated carbocycles. The van der Waals surface area contributed by atoms with E-state index in [0.717, 1.165) is 32.7 Å². The number of hydrogen-bond acceptors (Lipinski definition) is 3. The predicted molar refractivity (Wildman–Crippen MR) is 81.9 cm³/mol. The van der Waals surface area contributed by atoms with Crippen molar-refractivity contribution in [1.82, 2.24) is 5.32 Å². The second-order valence-corrected chi connectivity index (χ2v) is 5.28. The molecule has 1 aromatic carbocycles. The molecule has 0 bridgehead atoms. The van der Waals surface area contributed by atoms with Crippen LogP contribution < -0.4 is 25.6 Å². The van der Waals surface area contributed by atoms with Crippen molar-refractivity contribution in [2.75, 3.05) is 51.7 Å². The summed E-state index contributed by atoms with van der Waals surface area (Å²) in [5.74, 6) is -0.766. The number of benzene rings is 1. The van der Waals surface area contributed by atoms with Gasteiger partial charge in [-0.05, 0) is 12.1 Å². The zero-order chi connectivity index (χ0) is 15.8. The minimum atomic E-state index is -0.675. The number of piperazine rings is 1. The van der Waals surface area contributed by atoms with E-state index < -0.39 is 11.8 Å². The summed E-state index contributed by atoms with van der Waals surface area (Å²) in [5, 5.41) is 7.52. The van der Waals surface area contributed by atoms with Gasteiger partial charge in [0.15, 0.2) is 0 Å². The van der Waals surface area contributed by atoms with E-state index in [1.54, 1.807) is 24.3 Å². The molecule has 7 heteroatoms. The number of nitrogens with two attached hydrogens (primary N) is 1. The van der Waals surface area contributed by atoms with Gasteiger partial charge in [-0.3, -0.25) is 9.59 Å². The Kier molecular flexibility index (Phi) is 6.17. The van der Waals surface area contributed by atoms with Gasteiger partial charge in [0.05, 0.1) is 25.9 Å². The van der Waals surface area contributed by atoms with Crippen LogP contribution in [0.1, 0.15) is 0 Å². The highest BCUT2D eigenvalue weighted by Gasteiger charge is 2.18. The number of para-hydroxylation sites is 2. The molecule has 2 rings (SSSR count). The van der Waals surface area contributed by atoms with Crippen molar-refractivity contribution in [3.8, 4) is 5.75 Å². The molecule has 0 radical (unpaired) electrons. The van der Waals surface area contributed by atoms with Crippen LogP contribution in [0.2, 0.25) is 0 Å². The molecule has 1 fully saturated rings. The van der Waals surface area contributed by atoms with Crippen LogP contribution in [0.4, 0.5) is 5.69 Å². The van der Waals surface area contributed by atoms with Gasteiger partial charge in [-0.2, -0.15) is 0 Å². The summed E-state index contributed by atoms with van der Waals surface area (Å²) >= 11 is 0. The van der Waals surface area contributed by atoms with E-state index in [-0.39, 0.29) is 0 Å². The molecular formula is C15H24N4O3+2. The van der Waals surface area contributed by atoms with Gasteiger partial charge in [0, 0.05) is 0 Å². The predicted octanol–water partition coefficient (Wildman–Crippen LogP) is -2.79. The van der Waals surface area contributed by atoms with Crippen molar-refractivity contribution in [2.24, 2.45) is 0 Å². The lowest BCUT2D eigenvalue weighted by Crippen LogP contribution is -3.21. The van der Waals surface area contributed by atoms with Crippen LogP contribution in [0.3, 0.4) is 0 Å². The van der Waals surface area contributed by atoms with E-state index in [1.807, 2.05) is 0 Å². The van der Waals surface area contributed by atoms with E-state index in [2.05, 4.69) is 16.0 Å². The fourth-order valence-corrected chi connectivity index (χ4v) is 2.49. The summed E-state index contributed by atoms with van der Waals surface area (Å²) in [5.41, 5.74) is 0.488. The Morgan fingerprint density at radius 3 is 2.68 bits per heavy atom. The molecular weight excluding hydrogens is 284 g/mol. The summed E-state index contributed by atoms with van der Waals surface area (Å²) in [4.78, 5) is 25.1. The first-order valence-corrected chi connectivity index (χ1v) is 7.58. The number of quaternary nitrogens is 2. The van der Waals surface area contributed by atoms with Crippen molar-refractivity contribution >= 4 is 17.5 Å². The summed E-state index contributed by atoms with van der Waals surface area (Å²) in [6.45, 7) is 5.80. The largest absolute Gasteiger partial charge is 0.495 e. The Morgan fingerprint density at radius 1 is 1.23 bits per heavy atom. The number of carbonyl (C=O) groups excluding carboxylic acids is 2. The third kappa shape index (κ3) is 4.71. The van der Waals surface area contributed by atoms with Crippen LogP contribution in [0.15, 0.2) is 24.3 Å². The highest BCUT2D eigenvalue weighted by atomic mass is 16.5. The molecule has 1 saturated heterocycles. The zero-order valence-electron chi connectivity index (χ0n) is 12.9. The molecule has 120 valence electrons. The van der Waals surface area contributed by atoms with Crippen molar-refractivity contribution in [3.63, 3.8) is 0 Å². The van der Waals surface area contributed by atoms with Crippen LogP contribution in [0.5, 0.6) is 5.75 Å². The molecule has 0 aliphatic carbocycles. The Bertz CT molecular complexity index is 515. The number of nitrogens with one attached hydrogen (secondary N) is 3. The third-order valence-electron chi connectivity index (χ3n) is 3.73. The second-order valence-electron chi connectivity index (χ2n) is 5.28. The van der Waals surface area contributed by atoms with Crippen LogP contribution in [0.25, 0.3) is 0 Å². The van der Waals surface area contributed by atoms with Crippen LogP contribution in [-0.4, -0.2) is 58.2 Å². The van der Waals surface area contributed by atoms with Gasteiger partial charge in [0.25, 0.3) is 0 Å². The minimum absolute atomic E-state index is 0.488. The summed E-state index contributed by atoms with van der Waals surface area (Å²) in [6, 6.07) is 6.99. The van der Waals surface area contributed by atoms with Crippen molar-refractivity contribution in [3.05, 3.63) is 24.3 Å². The smallest absolute Gasteiger partial charge is 0.313 e. The number of methoxy groups -OCH3 is 1. The van der Waals surface area contributed by atoms with Crippen molar-refractivity contribution in [1.29, 1.82) is 0 Å². The Labute approximate surface area is 130 Å². The molecule has 2 amide bonds. The van der Waals surface area contributed by atoms with Gasteiger partial charge < -0.3 is 25.6 Å². The number of ether oxygens (including phenoxy) is 1. The second kappa shape index (κ2) is 8.35. The average molecular weight is 308 g/mol. The van der Waals surface area contributed by atoms with Crippen LogP contribution in [0, 0.1) is 0 Å². The number of hydrogen-bond donors (Lipinski definition) is 4. The summed E-state index contributed by atoms with van der Waals surface area (Å²) in [6.07, 6.45) is 0. The fourth-order valence-electron chi connectivity index (χ4n) is 2.49. The van der Waals surface area contributed by atoms with E-state index in [0.29, 0.717) is 18.0 Å². The first-order chi connectivity index (χ1) is 10.7. The Morgan fingerprint density at radius 2 is 1.95 bits per heavy atom. The fraction of sp³-hybridized carbons (Fsp3) is 0.467. The molecule has 0 aromatic heterocycles. The maximum absolute atomic E-state index is 11.9. The lowest BCUT2D eigenvalue weighted by molar-refractivity contribution is -0.945. The molecule has 1 aliphatic heterocycles. The van der Waals surface area contributed by atoms with Gasteiger partial charge >= 0.3 is 11.8 Å². The number of carbonyl (C=O) groups is 2. The third-order valence-corrected chi connectivity index (χ3v) is 3.73. The first-order valence-electron chi connectivity index (χ1n) is 7.58. The standard InChI is InChI=1S/C15H22N4O3/c1-22-13-5-3-2-4-12(13)18-15(21)14(20)17-8-11-19-9-6-16-7-10-19/h2-5,16H,6-11H2,1H3,(H,17,20)(H,18,21)/p+2. The number of amides is 2. The lowest BCUT2D eigenvalue weighted by atomic mass is 10.3. The minimum Gasteiger partial charge on any atom is -0.495 e. The van der Waals surface area contributed by atoms with Gasteiger partial charge in [-0.1, -0.05) is 12.1 Å². The Hall–Kier alpha value is -2.12. The molecule has 0 atom stereocenters. The van der Waals surface area contributed by atoms with E-state index in [9.17, 15) is 9.59 Å². The Balaban J connectivity index is 1.75. The van der Waals surface area contributed by atoms with Crippen molar-refractivity contribution < 1.29 is 24.5 Å². The highest BCUT2D eigenvalue weighted by Crippen LogP contribution is 2.22. The van der Waals surface area contributed by atoms with Gasteiger partial charge in [-0.25, -0.2) is 0 Å². The molecule has 1 aromatic rings. The molecule has 1 aliphatic rings. The van der Waals surface area contributed by atoms with Crippen molar-refractivity contribution in [2.45, 2.75) is 0 Å². The molecule has 0 unspecified atom stereocenters. The monoisotopic (exact) mass is 308 g/mol. The highest BCUT2D eigenvalue weighted by molar-refractivity contribution is 6.39. The SMILES string of the molecule is COc1ccccc1NC(=O)C(=O)NCC[NH+]1CC[NH2+]CC1. The quantitative estimate of drug-likeness (QED) is 0.444. The van der Waals surface area contributed by atoms with E-state index in [1.165, 1.54) is 12.0 Å². The first kappa shape index (κ1) is 16.3. The number of rotatable bonds is 5. The normalized spacial score (nSPS) is 15.1. The van der Waals surface area contributed by atoms with Gasteiger partial charge in [0.1, 0.15) is 31.9 Å². The molecule has 7 nitrogen and oxygen atoms in total. The van der Waals surface area contributed by atoms with Crippen LogP contribution in [-0.2, 0) is 9.59 Å². The molecule has 0 spiro atoms.